The normalized spacial score (nSPS) is 10.7. The van der Waals surface area contributed by atoms with Crippen LogP contribution < -0.4 is 22.0 Å². The minimum atomic E-state index is -0.728. The number of aryl methyl sites for hydroxylation is 1. The first kappa shape index (κ1) is 14.2. The number of hydrazone groups is 1. The van der Waals surface area contributed by atoms with Crippen LogP contribution in [0.3, 0.4) is 0 Å². The lowest BCUT2D eigenvalue weighted by Crippen LogP contribution is -2.31. The molecule has 2 aromatic rings. The Hall–Kier alpha value is -3.17. The fraction of sp³-hybridized carbons (Fsp3) is 0.182. The predicted molar refractivity (Wildman–Crippen MR) is 73.1 cm³/mol. The zero-order chi connectivity index (χ0) is 15.2. The van der Waals surface area contributed by atoms with Crippen LogP contribution in [0.1, 0.15) is 11.5 Å². The molecule has 10 nitrogen and oxygen atoms in total. The van der Waals surface area contributed by atoms with Crippen molar-refractivity contribution >= 4 is 17.9 Å². The molecule has 2 rings (SSSR count). The quantitative estimate of drug-likeness (QED) is 0.407. The van der Waals surface area contributed by atoms with Gasteiger partial charge in [-0.3, -0.25) is 14.6 Å². The van der Waals surface area contributed by atoms with Gasteiger partial charge in [-0.15, -0.1) is 5.10 Å². The Balaban J connectivity index is 1.83. The van der Waals surface area contributed by atoms with Crippen molar-refractivity contribution in [3.63, 3.8) is 0 Å². The molecule has 2 aromatic heterocycles. The summed E-state index contributed by atoms with van der Waals surface area (Å²) in [5.41, 5.74) is 0.788. The number of carbonyl (C=O) groups excluding carboxylic acids is 1. The number of H-pyrrole nitrogens is 2. The molecule has 0 aromatic carbocycles. The third-order valence-corrected chi connectivity index (χ3v) is 2.27. The fourth-order valence-corrected chi connectivity index (χ4v) is 1.36. The summed E-state index contributed by atoms with van der Waals surface area (Å²) in [6, 6.07) is 3.46. The number of aromatic amines is 2. The molecule has 10 heteroatoms. The van der Waals surface area contributed by atoms with Crippen LogP contribution in [-0.2, 0) is 4.79 Å². The molecular weight excluding hydrogens is 280 g/mol. The SMILES string of the molecule is Cc1ccc(/C=N/NC(=O)CNc2n[nH]c(=O)[nH]c2=O)o1. The van der Waals surface area contributed by atoms with Crippen molar-refractivity contribution in [3.05, 3.63) is 44.5 Å². The van der Waals surface area contributed by atoms with Crippen LogP contribution in [0.25, 0.3) is 0 Å². The third kappa shape index (κ3) is 4.16. The van der Waals surface area contributed by atoms with Crippen molar-refractivity contribution < 1.29 is 9.21 Å². The van der Waals surface area contributed by atoms with E-state index in [1.165, 1.54) is 6.21 Å². The minimum Gasteiger partial charge on any atom is -0.460 e. The number of nitrogens with zero attached hydrogens (tertiary/aromatic N) is 2. The van der Waals surface area contributed by atoms with Crippen LogP contribution in [0.15, 0.2) is 31.2 Å². The highest BCUT2D eigenvalue weighted by Gasteiger charge is 2.04. The zero-order valence-electron chi connectivity index (χ0n) is 11.0. The van der Waals surface area contributed by atoms with Gasteiger partial charge >= 0.3 is 5.69 Å². The van der Waals surface area contributed by atoms with Crippen LogP contribution in [-0.4, -0.2) is 33.8 Å². The summed E-state index contributed by atoms with van der Waals surface area (Å²) in [5, 5.41) is 11.6. The average Bonchev–Trinajstić information content (AvgIpc) is 2.83. The molecule has 0 unspecified atom stereocenters. The first-order valence-electron chi connectivity index (χ1n) is 5.86. The lowest BCUT2D eigenvalue weighted by Gasteiger charge is -2.01. The van der Waals surface area contributed by atoms with E-state index in [0.29, 0.717) is 5.76 Å². The van der Waals surface area contributed by atoms with E-state index in [1.54, 1.807) is 19.1 Å². The summed E-state index contributed by atoms with van der Waals surface area (Å²) >= 11 is 0. The van der Waals surface area contributed by atoms with Crippen molar-refractivity contribution in [2.24, 2.45) is 5.10 Å². The van der Waals surface area contributed by atoms with E-state index in [2.05, 4.69) is 20.9 Å². The van der Waals surface area contributed by atoms with E-state index in [-0.39, 0.29) is 12.4 Å². The van der Waals surface area contributed by atoms with Crippen LogP contribution in [0.2, 0.25) is 0 Å². The molecule has 0 bridgehead atoms. The van der Waals surface area contributed by atoms with Gasteiger partial charge in [-0.2, -0.15) is 5.10 Å². The maximum absolute atomic E-state index is 11.5. The molecular formula is C11H12N6O4. The van der Waals surface area contributed by atoms with Gasteiger partial charge in [0.25, 0.3) is 11.5 Å². The lowest BCUT2D eigenvalue weighted by atomic mass is 10.4. The molecule has 4 N–H and O–H groups in total. The zero-order valence-corrected chi connectivity index (χ0v) is 11.0. The van der Waals surface area contributed by atoms with Gasteiger partial charge in [-0.25, -0.2) is 15.3 Å². The van der Waals surface area contributed by atoms with Crippen molar-refractivity contribution in [3.8, 4) is 0 Å². The second-order valence-electron chi connectivity index (χ2n) is 3.95. The van der Waals surface area contributed by atoms with Gasteiger partial charge in [0.2, 0.25) is 5.82 Å². The summed E-state index contributed by atoms with van der Waals surface area (Å²) in [4.78, 5) is 35.5. The standard InChI is InChI=1S/C11H12N6O4/c1-6-2-3-7(21-6)4-13-15-8(18)5-12-9-10(19)14-11(20)17-16-9/h2-4H,5H2,1H3,(H,12,16)(H,15,18)(H2,14,17,19,20)/b13-4+. The third-order valence-electron chi connectivity index (χ3n) is 2.27. The molecule has 21 heavy (non-hydrogen) atoms. The Kier molecular flexibility index (Phi) is 4.29. The van der Waals surface area contributed by atoms with E-state index in [9.17, 15) is 14.4 Å². The first-order chi connectivity index (χ1) is 10.0. The predicted octanol–water partition coefficient (Wildman–Crippen LogP) is -1.08. The molecule has 2 heterocycles. The van der Waals surface area contributed by atoms with Crippen molar-refractivity contribution in [2.45, 2.75) is 6.92 Å². The second kappa shape index (κ2) is 6.32. The van der Waals surface area contributed by atoms with Crippen LogP contribution in [0.4, 0.5) is 5.82 Å². The molecule has 0 radical (unpaired) electrons. The largest absolute Gasteiger partial charge is 0.460 e. The summed E-state index contributed by atoms with van der Waals surface area (Å²) in [5.74, 6) is 0.560. The topological polar surface area (TPSA) is 145 Å². The molecule has 0 atom stereocenters. The molecule has 110 valence electrons. The van der Waals surface area contributed by atoms with E-state index in [0.717, 1.165) is 5.76 Å². The van der Waals surface area contributed by atoms with Crippen LogP contribution in [0.5, 0.6) is 0 Å². The highest BCUT2D eigenvalue weighted by Crippen LogP contribution is 2.02. The van der Waals surface area contributed by atoms with Gasteiger partial charge in [0.1, 0.15) is 11.5 Å². The summed E-state index contributed by atoms with van der Waals surface area (Å²) in [6.45, 7) is 1.55. The highest BCUT2D eigenvalue weighted by atomic mass is 16.3. The Morgan fingerprint density at radius 3 is 2.95 bits per heavy atom. The first-order valence-corrected chi connectivity index (χ1v) is 5.86. The summed E-state index contributed by atoms with van der Waals surface area (Å²) in [7, 11) is 0. The minimum absolute atomic E-state index is 0.171. The fourth-order valence-electron chi connectivity index (χ4n) is 1.36. The number of nitrogens with one attached hydrogen (secondary N) is 4. The van der Waals surface area contributed by atoms with E-state index >= 15 is 0 Å². The van der Waals surface area contributed by atoms with Crippen molar-refractivity contribution in [1.29, 1.82) is 0 Å². The summed E-state index contributed by atoms with van der Waals surface area (Å²) in [6.07, 6.45) is 1.34. The van der Waals surface area contributed by atoms with Crippen LogP contribution >= 0.6 is 0 Å². The second-order valence-corrected chi connectivity index (χ2v) is 3.95. The number of aromatic nitrogens is 3. The van der Waals surface area contributed by atoms with E-state index in [4.69, 9.17) is 4.42 Å². The number of amides is 1. The average molecular weight is 292 g/mol. The number of hydrogen-bond donors (Lipinski definition) is 4. The summed E-state index contributed by atoms with van der Waals surface area (Å²) < 4.78 is 5.22. The Morgan fingerprint density at radius 2 is 2.29 bits per heavy atom. The van der Waals surface area contributed by atoms with Gasteiger partial charge < -0.3 is 9.73 Å². The van der Waals surface area contributed by atoms with Gasteiger partial charge in [0, 0.05) is 0 Å². The van der Waals surface area contributed by atoms with Gasteiger partial charge in [-0.1, -0.05) is 0 Å². The van der Waals surface area contributed by atoms with E-state index < -0.39 is 17.2 Å². The van der Waals surface area contributed by atoms with Gasteiger partial charge in [0.05, 0.1) is 12.8 Å². The Bertz CT molecular complexity index is 771. The van der Waals surface area contributed by atoms with Crippen molar-refractivity contribution in [1.82, 2.24) is 20.6 Å². The van der Waals surface area contributed by atoms with Gasteiger partial charge in [-0.05, 0) is 19.1 Å². The number of rotatable bonds is 5. The number of anilines is 1. The molecule has 1 amide bonds. The molecule has 0 saturated carbocycles. The van der Waals surface area contributed by atoms with Gasteiger partial charge in [0.15, 0.2) is 0 Å². The highest BCUT2D eigenvalue weighted by molar-refractivity contribution is 5.82. The number of hydrogen-bond acceptors (Lipinski definition) is 7. The molecule has 0 aliphatic rings. The van der Waals surface area contributed by atoms with Crippen LogP contribution in [0, 0.1) is 6.92 Å². The maximum atomic E-state index is 11.5. The molecule has 0 spiro atoms. The van der Waals surface area contributed by atoms with E-state index in [1.807, 2.05) is 10.1 Å². The lowest BCUT2D eigenvalue weighted by molar-refractivity contribution is -0.119. The maximum Gasteiger partial charge on any atom is 0.342 e. The monoisotopic (exact) mass is 292 g/mol. The number of furan rings is 1. The molecule has 0 fully saturated rings. The molecule has 0 aliphatic carbocycles. The van der Waals surface area contributed by atoms with Crippen molar-refractivity contribution in [2.75, 3.05) is 11.9 Å². The Morgan fingerprint density at radius 1 is 1.48 bits per heavy atom. The smallest absolute Gasteiger partial charge is 0.342 e. The Labute approximate surface area is 117 Å². The molecule has 0 saturated heterocycles. The number of carbonyl (C=O) groups is 1. The molecule has 0 aliphatic heterocycles.